The second-order valence-electron chi connectivity index (χ2n) is 9.93. The summed E-state index contributed by atoms with van der Waals surface area (Å²) in [6, 6.07) is -1.33. The molecule has 0 rings (SSSR count). The molecule has 0 saturated heterocycles. The van der Waals surface area contributed by atoms with E-state index in [-0.39, 0.29) is 6.42 Å². The minimum absolute atomic E-state index is 0.0228. The van der Waals surface area contributed by atoms with E-state index in [4.69, 9.17) is 37.4 Å². The molecule has 0 radical (unpaired) electrons. The quantitative estimate of drug-likeness (QED) is 0.228. The molecule has 0 fully saturated rings. The van der Waals surface area contributed by atoms with E-state index < -0.39 is 51.8 Å². The van der Waals surface area contributed by atoms with Gasteiger partial charge in [-0.3, -0.25) is 0 Å². The van der Waals surface area contributed by atoms with Gasteiger partial charge in [0.05, 0.1) is 0 Å². The molecule has 0 aromatic heterocycles. The maximum atomic E-state index is 12.9. The first kappa shape index (κ1) is 27.8. The van der Waals surface area contributed by atoms with Gasteiger partial charge in [0.2, 0.25) is 0 Å². The van der Waals surface area contributed by atoms with Gasteiger partial charge in [-0.05, 0) is 74.7 Å². The van der Waals surface area contributed by atoms with Crippen LogP contribution in [0.25, 0.3) is 0 Å². The normalized spacial score (nSPS) is 14.8. The molecule has 170 valence electrons. The number of alkyl halides is 2. The molecule has 0 heterocycles. The van der Waals surface area contributed by atoms with E-state index in [1.807, 2.05) is 0 Å². The third-order valence-electron chi connectivity index (χ3n) is 3.20. The number of rotatable bonds is 5. The molecule has 0 spiro atoms. The molecular weight excluding hydrogens is 422 g/mol. The van der Waals surface area contributed by atoms with E-state index in [2.05, 4.69) is 0 Å². The largest absolute Gasteiger partial charge is 0.458 e. The highest BCUT2D eigenvalue weighted by atomic mass is 35.5. The standard InChI is InChI=1S/C20H35Cl2NO6/c1-12(14(21)22)11-13(15(24)27-18(2,3)4)23(16(25)28-19(5,6)7)17(26)29-20(8,9)10/h12-14H,11H2,1-10H3/t12-,13+/m1/s1/i1+1. The van der Waals surface area contributed by atoms with E-state index in [1.54, 1.807) is 69.2 Å². The first-order valence-corrected chi connectivity index (χ1v) is 10.4. The summed E-state index contributed by atoms with van der Waals surface area (Å²) in [5.74, 6) is -1.21. The Kier molecular flexibility index (Phi) is 9.78. The molecule has 0 bridgehead atoms. The summed E-state index contributed by atoms with van der Waals surface area (Å²) < 4.78 is 16.1. The van der Waals surface area contributed by atoms with Crippen molar-refractivity contribution in [2.24, 2.45) is 5.92 Å². The van der Waals surface area contributed by atoms with Crippen molar-refractivity contribution in [2.75, 3.05) is 0 Å². The Balaban J connectivity index is 6.17. The fourth-order valence-electron chi connectivity index (χ4n) is 2.08. The van der Waals surface area contributed by atoms with E-state index in [9.17, 15) is 14.4 Å². The minimum atomic E-state index is -1.33. The van der Waals surface area contributed by atoms with Crippen LogP contribution >= 0.6 is 23.2 Å². The number of halogens is 2. The van der Waals surface area contributed by atoms with Crippen molar-refractivity contribution in [2.45, 2.75) is 103 Å². The van der Waals surface area contributed by atoms with Crippen molar-refractivity contribution in [3.8, 4) is 0 Å². The van der Waals surface area contributed by atoms with Crippen LogP contribution in [0.4, 0.5) is 9.59 Å². The number of carbonyl (C=O) groups is 3. The van der Waals surface area contributed by atoms with E-state index in [0.29, 0.717) is 4.90 Å². The summed E-state index contributed by atoms with van der Waals surface area (Å²) in [4.78, 5) is 38.5. The topological polar surface area (TPSA) is 82.1 Å². The lowest BCUT2D eigenvalue weighted by Gasteiger charge is -2.34. The fraction of sp³-hybridized carbons (Fsp3) is 0.850. The molecular formula is C20H35Cl2NO6. The summed E-state index contributed by atoms with van der Waals surface area (Å²) in [5.41, 5.74) is -2.64. The predicted octanol–water partition coefficient (Wildman–Crippen LogP) is 5.70. The minimum Gasteiger partial charge on any atom is -0.458 e. The van der Waals surface area contributed by atoms with Crippen LogP contribution < -0.4 is 0 Å². The Morgan fingerprint density at radius 3 is 1.38 bits per heavy atom. The average Bonchev–Trinajstić information content (AvgIpc) is 2.40. The third-order valence-corrected chi connectivity index (χ3v) is 4.06. The van der Waals surface area contributed by atoms with Crippen LogP contribution in [0.3, 0.4) is 0 Å². The average molecular weight is 457 g/mol. The molecule has 0 aliphatic rings. The third kappa shape index (κ3) is 11.5. The fourth-order valence-corrected chi connectivity index (χ4v) is 2.29. The Labute approximate surface area is 184 Å². The number of nitrogens with zero attached hydrogens (tertiary/aromatic N) is 1. The van der Waals surface area contributed by atoms with Gasteiger partial charge < -0.3 is 14.2 Å². The number of carbonyl (C=O) groups excluding carboxylic acids is 3. The molecule has 29 heavy (non-hydrogen) atoms. The zero-order valence-electron chi connectivity index (χ0n) is 19.1. The Bertz CT molecular complexity index is 559. The Morgan fingerprint density at radius 1 is 0.759 bits per heavy atom. The van der Waals surface area contributed by atoms with Gasteiger partial charge in [-0.15, -0.1) is 23.2 Å². The lowest BCUT2D eigenvalue weighted by molar-refractivity contribution is -0.161. The van der Waals surface area contributed by atoms with Gasteiger partial charge in [0, 0.05) is 0 Å². The molecule has 0 aliphatic carbocycles. The van der Waals surface area contributed by atoms with Gasteiger partial charge in [-0.1, -0.05) is 6.92 Å². The number of hydrogen-bond donors (Lipinski definition) is 0. The highest BCUT2D eigenvalue weighted by Crippen LogP contribution is 2.26. The van der Waals surface area contributed by atoms with Gasteiger partial charge in [0.25, 0.3) is 0 Å². The van der Waals surface area contributed by atoms with E-state index in [1.165, 1.54) is 0 Å². The van der Waals surface area contributed by atoms with Crippen molar-refractivity contribution in [3.63, 3.8) is 0 Å². The van der Waals surface area contributed by atoms with Gasteiger partial charge in [-0.25, -0.2) is 14.4 Å². The molecule has 0 N–H and O–H groups in total. The van der Waals surface area contributed by atoms with Gasteiger partial charge in [-0.2, -0.15) is 4.90 Å². The van der Waals surface area contributed by atoms with Crippen LogP contribution in [-0.2, 0) is 19.0 Å². The highest BCUT2D eigenvalue weighted by molar-refractivity contribution is 6.44. The first-order chi connectivity index (χ1) is 12.7. The van der Waals surface area contributed by atoms with Crippen molar-refractivity contribution in [1.29, 1.82) is 0 Å². The Hall–Kier alpha value is -1.21. The van der Waals surface area contributed by atoms with Crippen LogP contribution in [0.1, 0.15) is 75.7 Å². The van der Waals surface area contributed by atoms with Gasteiger partial charge in [0.15, 0.2) is 0 Å². The second kappa shape index (κ2) is 10.2. The van der Waals surface area contributed by atoms with Crippen LogP contribution in [0.5, 0.6) is 0 Å². The summed E-state index contributed by atoms with van der Waals surface area (Å²) in [6.07, 6.45) is -2.06. The van der Waals surface area contributed by atoms with Crippen molar-refractivity contribution in [3.05, 3.63) is 0 Å². The zero-order valence-corrected chi connectivity index (χ0v) is 20.6. The lowest BCUT2D eigenvalue weighted by atomic mass is 10.1. The van der Waals surface area contributed by atoms with Crippen LogP contribution in [0.2, 0.25) is 0 Å². The molecule has 7 nitrogen and oxygen atoms in total. The molecule has 9 heteroatoms. The van der Waals surface area contributed by atoms with Crippen LogP contribution in [0, 0.1) is 5.92 Å². The molecule has 2 amide bonds. The maximum absolute atomic E-state index is 12.9. The smallest absolute Gasteiger partial charge is 0.420 e. The molecule has 0 aromatic rings. The molecule has 0 aromatic carbocycles. The first-order valence-electron chi connectivity index (χ1n) is 9.49. The van der Waals surface area contributed by atoms with Gasteiger partial charge >= 0.3 is 18.2 Å². The summed E-state index contributed by atoms with van der Waals surface area (Å²) in [5, 5.41) is 0. The number of esters is 1. The van der Waals surface area contributed by atoms with Crippen molar-refractivity contribution >= 4 is 41.4 Å². The number of amides is 2. The maximum Gasteiger partial charge on any atom is 0.420 e. The summed E-state index contributed by atoms with van der Waals surface area (Å²) in [6.45, 7) is 16.6. The van der Waals surface area contributed by atoms with Crippen molar-refractivity contribution < 1.29 is 28.6 Å². The number of hydrogen-bond acceptors (Lipinski definition) is 6. The lowest BCUT2D eigenvalue weighted by Crippen LogP contribution is -2.54. The number of ether oxygens (including phenoxy) is 3. The van der Waals surface area contributed by atoms with Gasteiger partial charge in [0.1, 0.15) is 27.7 Å². The van der Waals surface area contributed by atoms with Crippen LogP contribution in [0.15, 0.2) is 0 Å². The molecule has 0 unspecified atom stereocenters. The highest BCUT2D eigenvalue weighted by Gasteiger charge is 2.43. The monoisotopic (exact) mass is 456 g/mol. The predicted molar refractivity (Wildman–Crippen MR) is 113 cm³/mol. The van der Waals surface area contributed by atoms with Crippen molar-refractivity contribution in [1.82, 2.24) is 4.90 Å². The second-order valence-corrected chi connectivity index (χ2v) is 11.1. The molecule has 2 atom stereocenters. The summed E-state index contributed by atoms with van der Waals surface area (Å²) in [7, 11) is 0. The Morgan fingerprint density at radius 2 is 1.10 bits per heavy atom. The molecule has 0 saturated carbocycles. The summed E-state index contributed by atoms with van der Waals surface area (Å²) >= 11 is 11.9. The molecule has 0 aliphatic heterocycles. The number of imide groups is 1. The van der Waals surface area contributed by atoms with Crippen LogP contribution in [-0.4, -0.2) is 50.7 Å². The SMILES string of the molecule is CC(C)(C)OC(=O)[C@H](C[C@@H]([13CH3])C(Cl)Cl)N(C(=O)OC(C)(C)C)C(=O)OC(C)(C)C. The van der Waals surface area contributed by atoms with E-state index in [0.717, 1.165) is 0 Å². The zero-order chi connectivity index (χ0) is 23.4. The van der Waals surface area contributed by atoms with E-state index >= 15 is 0 Å².